The Morgan fingerprint density at radius 2 is 1.00 bits per heavy atom. The zero-order chi connectivity index (χ0) is 11.8. The Hall–Kier alpha value is 0.740. The van der Waals surface area contributed by atoms with Crippen molar-refractivity contribution in [3.8, 4) is 0 Å². The van der Waals surface area contributed by atoms with E-state index in [1.165, 1.54) is 0 Å². The van der Waals surface area contributed by atoms with Gasteiger partial charge in [-0.15, -0.1) is 0 Å². The summed E-state index contributed by atoms with van der Waals surface area (Å²) < 4.78 is 54.6. The van der Waals surface area contributed by atoms with Crippen LogP contribution in [0.2, 0.25) is 0 Å². The molecule has 0 aliphatic carbocycles. The van der Waals surface area contributed by atoms with Gasteiger partial charge < -0.3 is 11.5 Å². The second-order valence-corrected chi connectivity index (χ2v) is 5.29. The zero-order valence-electron chi connectivity index (χ0n) is 8.33. The van der Waals surface area contributed by atoms with E-state index < -0.39 is 20.2 Å². The Morgan fingerprint density at radius 3 is 1.00 bits per heavy atom. The molecule has 6 N–H and O–H groups in total. The molecule has 15 heavy (non-hydrogen) atoms. The van der Waals surface area contributed by atoms with Crippen LogP contribution in [0, 0.1) is 0 Å². The van der Waals surface area contributed by atoms with Crippen molar-refractivity contribution in [1.82, 2.24) is 0 Å². The molecule has 0 spiro atoms. The van der Waals surface area contributed by atoms with Crippen molar-refractivity contribution >= 4 is 49.8 Å². The molecule has 0 bridgehead atoms. The maximum atomic E-state index is 9.71. The van der Waals surface area contributed by atoms with Crippen molar-refractivity contribution in [1.29, 1.82) is 0 Å². The summed E-state index contributed by atoms with van der Waals surface area (Å²) in [5.41, 5.74) is 9.55. The number of hydrogen-bond donors (Lipinski definition) is 4. The van der Waals surface area contributed by atoms with Crippen LogP contribution in [0.4, 0.5) is 0 Å². The third-order valence-corrected chi connectivity index (χ3v) is 2.25. The summed E-state index contributed by atoms with van der Waals surface area (Å²) in [5.74, 6) is -0.708. The van der Waals surface area contributed by atoms with Crippen molar-refractivity contribution in [2.75, 3.05) is 24.6 Å². The van der Waals surface area contributed by atoms with Crippen molar-refractivity contribution in [3.05, 3.63) is 0 Å². The van der Waals surface area contributed by atoms with Gasteiger partial charge in [-0.1, -0.05) is 0 Å². The van der Waals surface area contributed by atoms with Gasteiger partial charge in [-0.3, -0.25) is 9.11 Å². The van der Waals surface area contributed by atoms with E-state index >= 15 is 0 Å². The van der Waals surface area contributed by atoms with Gasteiger partial charge in [-0.25, -0.2) is 0 Å². The first-order valence-corrected chi connectivity index (χ1v) is 6.64. The molecule has 0 aromatic heterocycles. The van der Waals surface area contributed by atoms with E-state index in [2.05, 4.69) is 0 Å². The van der Waals surface area contributed by atoms with E-state index in [1.54, 1.807) is 0 Å². The second-order valence-electron chi connectivity index (χ2n) is 2.15. The Labute approximate surface area is 111 Å². The molecule has 89 valence electrons. The van der Waals surface area contributed by atoms with Gasteiger partial charge in [-0.05, 0) is 0 Å². The zero-order valence-corrected chi connectivity index (χ0v) is 12.0. The summed E-state index contributed by atoms with van der Waals surface area (Å²) in [4.78, 5) is 0. The molecule has 1 radical (unpaired) electrons. The Bertz CT molecular complexity index is 291. The molecule has 11 heteroatoms. The maximum absolute atomic E-state index is 9.71. The van der Waals surface area contributed by atoms with Crippen LogP contribution in [0.5, 0.6) is 0 Å². The summed E-state index contributed by atoms with van der Waals surface area (Å²) in [5, 5.41) is 0. The Balaban J connectivity index is -0.000000180. The molecule has 0 fully saturated rings. The fourth-order valence-corrected chi connectivity index (χ4v) is 0.894. The molecule has 0 heterocycles. The van der Waals surface area contributed by atoms with Crippen molar-refractivity contribution in [2.45, 2.75) is 0 Å². The summed E-state index contributed by atoms with van der Waals surface area (Å²) in [7, 11) is -7.60. The summed E-state index contributed by atoms with van der Waals surface area (Å²) >= 11 is 0. The van der Waals surface area contributed by atoms with Gasteiger partial charge in [-0.2, -0.15) is 16.8 Å². The summed E-state index contributed by atoms with van der Waals surface area (Å²) in [6.07, 6.45) is 0. The second kappa shape index (κ2) is 9.93. The Kier molecular flexibility index (Phi) is 13.9. The third kappa shape index (κ3) is 31.3. The van der Waals surface area contributed by atoms with Crippen LogP contribution in [0.15, 0.2) is 0 Å². The molecule has 0 unspecified atom stereocenters. The first-order valence-electron chi connectivity index (χ1n) is 3.43. The van der Waals surface area contributed by atoms with Crippen molar-refractivity contribution < 1.29 is 25.9 Å². The fourth-order valence-electron chi connectivity index (χ4n) is 0.298. The Morgan fingerprint density at radius 1 is 0.800 bits per heavy atom. The van der Waals surface area contributed by atoms with E-state index in [-0.39, 0.29) is 54.2 Å². The molecule has 8 nitrogen and oxygen atoms in total. The molecule has 0 aromatic carbocycles. The van der Waals surface area contributed by atoms with Crippen LogP contribution in [0.25, 0.3) is 0 Å². The van der Waals surface area contributed by atoms with Crippen molar-refractivity contribution in [2.24, 2.45) is 11.5 Å². The average Bonchev–Trinajstić information content (AvgIpc) is 1.81. The van der Waals surface area contributed by atoms with Gasteiger partial charge in [0.25, 0.3) is 20.2 Å². The van der Waals surface area contributed by atoms with Crippen LogP contribution in [0.1, 0.15) is 0 Å². The van der Waals surface area contributed by atoms with E-state index in [0.29, 0.717) is 0 Å². The van der Waals surface area contributed by atoms with Crippen molar-refractivity contribution in [3.63, 3.8) is 0 Å². The minimum absolute atomic E-state index is 0. The number of rotatable bonds is 4. The van der Waals surface area contributed by atoms with Crippen LogP contribution in [0.3, 0.4) is 0 Å². The molecular weight excluding hydrogens is 259 g/mol. The quantitative estimate of drug-likeness (QED) is 0.317. The topological polar surface area (TPSA) is 161 Å². The SMILES string of the molecule is NCCS(=O)(=O)O.NCCS(=O)(=O)O.[Na]. The molecule has 0 rings (SSSR count). The maximum Gasteiger partial charge on any atom is 0.266 e. The average molecular weight is 273 g/mol. The molecule has 0 saturated carbocycles. The van der Waals surface area contributed by atoms with Gasteiger partial charge >= 0.3 is 0 Å². The van der Waals surface area contributed by atoms with E-state index in [4.69, 9.17) is 20.6 Å². The van der Waals surface area contributed by atoms with Gasteiger partial charge in [0.15, 0.2) is 0 Å². The van der Waals surface area contributed by atoms with Crippen LogP contribution >= 0.6 is 0 Å². The van der Waals surface area contributed by atoms with Gasteiger partial charge in [0.05, 0.1) is 11.5 Å². The molecule has 0 atom stereocenters. The normalized spacial score (nSPS) is 10.9. The van der Waals surface area contributed by atoms with Crippen LogP contribution in [-0.4, -0.2) is 80.1 Å². The third-order valence-electron chi connectivity index (χ3n) is 0.752. The van der Waals surface area contributed by atoms with Gasteiger partial charge in [0, 0.05) is 42.6 Å². The smallest absolute Gasteiger partial charge is 0.266 e. The molecule has 0 saturated heterocycles. The van der Waals surface area contributed by atoms with E-state index in [1.807, 2.05) is 0 Å². The first-order chi connectivity index (χ1) is 6.12. The minimum Gasteiger partial charge on any atom is -0.329 e. The molecular formula is C4H14N2NaO6S2. The van der Waals surface area contributed by atoms with Gasteiger partial charge in [0.1, 0.15) is 0 Å². The standard InChI is InChI=1S/2C2H7NO3S.Na/c2*3-1-2-7(4,5)6;/h2*1-3H2,(H,4,5,6);. The van der Waals surface area contributed by atoms with Crippen LogP contribution < -0.4 is 11.5 Å². The molecule has 0 aliphatic heterocycles. The predicted molar refractivity (Wildman–Crippen MR) is 56.7 cm³/mol. The van der Waals surface area contributed by atoms with E-state index in [0.717, 1.165) is 0 Å². The molecule has 0 aromatic rings. The fraction of sp³-hybridized carbons (Fsp3) is 1.00. The van der Waals surface area contributed by atoms with E-state index in [9.17, 15) is 16.8 Å². The van der Waals surface area contributed by atoms with Gasteiger partial charge in [0.2, 0.25) is 0 Å². The number of hydrogen-bond acceptors (Lipinski definition) is 6. The summed E-state index contributed by atoms with van der Waals surface area (Å²) in [6.45, 7) is -0.0579. The largest absolute Gasteiger partial charge is 0.329 e. The molecule has 0 aliphatic rings. The first kappa shape index (κ1) is 21.1. The molecule has 0 amide bonds. The van der Waals surface area contributed by atoms with Crippen LogP contribution in [-0.2, 0) is 20.2 Å². The summed E-state index contributed by atoms with van der Waals surface area (Å²) in [6, 6.07) is 0. The minimum atomic E-state index is -3.80. The number of nitrogens with two attached hydrogens (primary N) is 2. The predicted octanol–water partition coefficient (Wildman–Crippen LogP) is -2.71. The monoisotopic (exact) mass is 273 g/mol.